The number of nitrogens with one attached hydrogen (secondary N) is 2. The third-order valence-electron chi connectivity index (χ3n) is 5.84. The van der Waals surface area contributed by atoms with Gasteiger partial charge in [0.1, 0.15) is 6.04 Å². The number of amides is 3. The van der Waals surface area contributed by atoms with Gasteiger partial charge in [0.2, 0.25) is 5.91 Å². The standard InChI is InChI=1S/C24H29N5O3/c1-28(16-17-6-2-5-9-22(17)29-10-12-32-13-11-29)23(30)21(27-24(25)31)14-18-15-26-20-8-4-3-7-19(18)20/h2-9,15,21,26H,10-14,16H2,1H3,(H3,25,27,31)/t21-/m1/s1. The number of carbonyl (C=O) groups is 2. The van der Waals surface area contributed by atoms with Gasteiger partial charge in [-0.2, -0.15) is 0 Å². The highest BCUT2D eigenvalue weighted by Crippen LogP contribution is 2.24. The molecular formula is C24H29N5O3. The fraction of sp³-hybridized carbons (Fsp3) is 0.333. The largest absolute Gasteiger partial charge is 0.378 e. The van der Waals surface area contributed by atoms with Crippen LogP contribution in [-0.2, 0) is 22.5 Å². The number of urea groups is 1. The van der Waals surface area contributed by atoms with Crippen molar-refractivity contribution in [2.75, 3.05) is 38.3 Å². The van der Waals surface area contributed by atoms with Crippen LogP contribution < -0.4 is 16.0 Å². The molecule has 2 heterocycles. The average molecular weight is 436 g/mol. The van der Waals surface area contributed by atoms with Crippen LogP contribution in [0.1, 0.15) is 11.1 Å². The lowest BCUT2D eigenvalue weighted by molar-refractivity contribution is -0.132. The normalized spacial score (nSPS) is 14.8. The maximum Gasteiger partial charge on any atom is 0.312 e. The molecule has 0 spiro atoms. The fourth-order valence-electron chi connectivity index (χ4n) is 4.25. The van der Waals surface area contributed by atoms with Gasteiger partial charge in [-0.05, 0) is 23.3 Å². The highest BCUT2D eigenvalue weighted by atomic mass is 16.5. The quantitative estimate of drug-likeness (QED) is 0.529. The van der Waals surface area contributed by atoms with E-state index in [0.717, 1.165) is 40.8 Å². The van der Waals surface area contributed by atoms with Gasteiger partial charge in [0, 0.05) is 55.9 Å². The van der Waals surface area contributed by atoms with E-state index in [2.05, 4.69) is 21.3 Å². The summed E-state index contributed by atoms with van der Waals surface area (Å²) >= 11 is 0. The molecule has 0 bridgehead atoms. The lowest BCUT2D eigenvalue weighted by Gasteiger charge is -2.32. The van der Waals surface area contributed by atoms with Crippen LogP contribution in [-0.4, -0.2) is 61.2 Å². The first-order chi connectivity index (χ1) is 15.5. The van der Waals surface area contributed by atoms with E-state index in [1.165, 1.54) is 0 Å². The summed E-state index contributed by atoms with van der Waals surface area (Å²) in [5.74, 6) is -0.189. The zero-order valence-corrected chi connectivity index (χ0v) is 18.2. The monoisotopic (exact) mass is 435 g/mol. The minimum atomic E-state index is -0.757. The highest BCUT2D eigenvalue weighted by Gasteiger charge is 2.26. The average Bonchev–Trinajstić information content (AvgIpc) is 3.21. The zero-order chi connectivity index (χ0) is 22.5. The molecule has 3 aromatic rings. The number of rotatable bonds is 7. The molecule has 1 aliphatic heterocycles. The van der Waals surface area contributed by atoms with Crippen molar-refractivity contribution in [1.29, 1.82) is 0 Å². The van der Waals surface area contributed by atoms with Gasteiger partial charge in [0.15, 0.2) is 0 Å². The minimum absolute atomic E-state index is 0.189. The lowest BCUT2D eigenvalue weighted by atomic mass is 10.0. The summed E-state index contributed by atoms with van der Waals surface area (Å²) in [6.45, 7) is 3.45. The first-order valence-corrected chi connectivity index (χ1v) is 10.8. The van der Waals surface area contributed by atoms with Crippen LogP contribution in [0.25, 0.3) is 10.9 Å². The fourth-order valence-corrected chi connectivity index (χ4v) is 4.25. The molecule has 1 saturated heterocycles. The van der Waals surface area contributed by atoms with Crippen molar-refractivity contribution in [3.8, 4) is 0 Å². The summed E-state index contributed by atoms with van der Waals surface area (Å²) in [5.41, 5.74) is 9.49. The van der Waals surface area contributed by atoms with Crippen molar-refractivity contribution in [2.24, 2.45) is 5.73 Å². The Labute approximate surface area is 187 Å². The number of hydrogen-bond acceptors (Lipinski definition) is 4. The molecule has 3 amide bonds. The lowest BCUT2D eigenvalue weighted by Crippen LogP contribution is -2.50. The number of likely N-dealkylation sites (N-methyl/N-ethyl adjacent to an activating group) is 1. The summed E-state index contributed by atoms with van der Waals surface area (Å²) in [7, 11) is 1.75. The second-order valence-corrected chi connectivity index (χ2v) is 8.05. The number of H-pyrrole nitrogens is 1. The van der Waals surface area contributed by atoms with E-state index in [1.807, 2.05) is 48.7 Å². The molecular weight excluding hydrogens is 406 g/mol. The number of aromatic amines is 1. The van der Waals surface area contributed by atoms with Gasteiger partial charge >= 0.3 is 6.03 Å². The molecule has 32 heavy (non-hydrogen) atoms. The summed E-state index contributed by atoms with van der Waals surface area (Å²) in [6, 6.07) is 14.5. The van der Waals surface area contributed by atoms with Gasteiger partial charge in [-0.1, -0.05) is 36.4 Å². The Morgan fingerprint density at radius 1 is 1.12 bits per heavy atom. The van der Waals surface area contributed by atoms with Crippen molar-refractivity contribution in [1.82, 2.24) is 15.2 Å². The Hall–Kier alpha value is -3.52. The number of anilines is 1. The first-order valence-electron chi connectivity index (χ1n) is 10.8. The van der Waals surface area contributed by atoms with Crippen LogP contribution >= 0.6 is 0 Å². The van der Waals surface area contributed by atoms with E-state index in [1.54, 1.807) is 11.9 Å². The van der Waals surface area contributed by atoms with E-state index in [9.17, 15) is 9.59 Å². The maximum atomic E-state index is 13.3. The van der Waals surface area contributed by atoms with Gasteiger partial charge in [-0.3, -0.25) is 4.79 Å². The number of benzene rings is 2. The van der Waals surface area contributed by atoms with Crippen LogP contribution in [0.15, 0.2) is 54.7 Å². The number of aromatic nitrogens is 1. The van der Waals surface area contributed by atoms with Gasteiger partial charge in [0.05, 0.1) is 13.2 Å². The first kappa shape index (κ1) is 21.7. The van der Waals surface area contributed by atoms with Crippen molar-refractivity contribution < 1.29 is 14.3 Å². The van der Waals surface area contributed by atoms with Crippen molar-refractivity contribution in [3.63, 3.8) is 0 Å². The van der Waals surface area contributed by atoms with E-state index in [-0.39, 0.29) is 5.91 Å². The van der Waals surface area contributed by atoms with Gasteiger partial charge in [-0.15, -0.1) is 0 Å². The number of ether oxygens (including phenoxy) is 1. The summed E-state index contributed by atoms with van der Waals surface area (Å²) in [5, 5.41) is 3.66. The minimum Gasteiger partial charge on any atom is -0.378 e. The molecule has 1 atom stereocenters. The maximum absolute atomic E-state index is 13.3. The molecule has 168 valence electrons. The summed E-state index contributed by atoms with van der Waals surface area (Å²) in [4.78, 5) is 32.1. The highest BCUT2D eigenvalue weighted by molar-refractivity contribution is 5.89. The molecule has 4 rings (SSSR count). The number of hydrogen-bond donors (Lipinski definition) is 3. The molecule has 0 saturated carbocycles. The molecule has 0 unspecified atom stereocenters. The Kier molecular flexibility index (Phi) is 6.61. The number of morpholine rings is 1. The predicted octanol–water partition coefficient (Wildman–Crippen LogP) is 2.24. The summed E-state index contributed by atoms with van der Waals surface area (Å²) < 4.78 is 5.47. The van der Waals surface area contributed by atoms with Gasteiger partial charge in [-0.25, -0.2) is 4.79 Å². The van der Waals surface area contributed by atoms with E-state index >= 15 is 0 Å². The molecule has 8 nitrogen and oxygen atoms in total. The SMILES string of the molecule is CN(Cc1ccccc1N1CCOCC1)C(=O)[C@@H](Cc1c[nH]c2ccccc12)NC(N)=O. The Bertz CT molecular complexity index is 1090. The number of carbonyl (C=O) groups excluding carboxylic acids is 2. The smallest absolute Gasteiger partial charge is 0.312 e. The number of fused-ring (bicyclic) bond motifs is 1. The van der Waals surface area contributed by atoms with Crippen LogP contribution in [0.2, 0.25) is 0 Å². The van der Waals surface area contributed by atoms with E-state index < -0.39 is 12.1 Å². The molecule has 0 radical (unpaired) electrons. The second-order valence-electron chi connectivity index (χ2n) is 8.05. The molecule has 1 aliphatic rings. The van der Waals surface area contributed by atoms with E-state index in [0.29, 0.717) is 26.2 Å². The number of nitrogens with two attached hydrogens (primary N) is 1. The molecule has 1 fully saturated rings. The Morgan fingerprint density at radius 3 is 2.62 bits per heavy atom. The van der Waals surface area contributed by atoms with Crippen molar-refractivity contribution in [3.05, 3.63) is 65.9 Å². The molecule has 1 aromatic heterocycles. The van der Waals surface area contributed by atoms with Crippen molar-refractivity contribution >= 4 is 28.5 Å². The molecule has 2 aromatic carbocycles. The summed E-state index contributed by atoms with van der Waals surface area (Å²) in [6.07, 6.45) is 2.22. The van der Waals surface area contributed by atoms with Gasteiger partial charge in [0.25, 0.3) is 0 Å². The van der Waals surface area contributed by atoms with Gasteiger partial charge < -0.3 is 30.6 Å². The van der Waals surface area contributed by atoms with Crippen LogP contribution in [0.5, 0.6) is 0 Å². The second kappa shape index (κ2) is 9.74. The van der Waals surface area contributed by atoms with E-state index in [4.69, 9.17) is 10.5 Å². The Morgan fingerprint density at radius 2 is 1.84 bits per heavy atom. The third-order valence-corrected chi connectivity index (χ3v) is 5.84. The number of primary amides is 1. The predicted molar refractivity (Wildman–Crippen MR) is 124 cm³/mol. The van der Waals surface area contributed by atoms with Crippen LogP contribution in [0.4, 0.5) is 10.5 Å². The zero-order valence-electron chi connectivity index (χ0n) is 18.2. The van der Waals surface area contributed by atoms with Crippen LogP contribution in [0, 0.1) is 0 Å². The number of nitrogens with zero attached hydrogens (tertiary/aromatic N) is 2. The molecule has 4 N–H and O–H groups in total. The topological polar surface area (TPSA) is 104 Å². The Balaban J connectivity index is 1.52. The third kappa shape index (κ3) is 4.86. The van der Waals surface area contributed by atoms with Crippen molar-refractivity contribution in [2.45, 2.75) is 19.0 Å². The molecule has 0 aliphatic carbocycles. The number of para-hydroxylation sites is 2. The van der Waals surface area contributed by atoms with Crippen LogP contribution in [0.3, 0.4) is 0 Å². The molecule has 8 heteroatoms.